The van der Waals surface area contributed by atoms with Crippen molar-refractivity contribution in [3.8, 4) is 6.07 Å². The molecule has 1 aromatic carbocycles. The van der Waals surface area contributed by atoms with Crippen molar-refractivity contribution in [2.45, 2.75) is 20.8 Å². The zero-order valence-corrected chi connectivity index (χ0v) is 11.9. The monoisotopic (exact) mass is 267 g/mol. The lowest BCUT2D eigenvalue weighted by molar-refractivity contribution is 1.05. The average molecular weight is 267 g/mol. The summed E-state index contributed by atoms with van der Waals surface area (Å²) in [6, 6.07) is 9.93. The number of benzene rings is 1. The number of aryl methyl sites for hydroxylation is 2. The normalized spacial score (nSPS) is 9.90. The Labute approximate surface area is 118 Å². The summed E-state index contributed by atoms with van der Waals surface area (Å²) in [6.45, 7) is 6.19. The van der Waals surface area contributed by atoms with Gasteiger partial charge in [-0.25, -0.2) is 9.97 Å². The Morgan fingerprint density at radius 1 is 1.15 bits per heavy atom. The number of nitrogens with zero attached hydrogens (tertiary/aromatic N) is 3. The van der Waals surface area contributed by atoms with Gasteiger partial charge in [-0.1, -0.05) is 12.1 Å². The maximum absolute atomic E-state index is 8.60. The molecule has 0 fully saturated rings. The summed E-state index contributed by atoms with van der Waals surface area (Å²) < 4.78 is 0. The van der Waals surface area contributed by atoms with Gasteiger partial charge in [0, 0.05) is 11.8 Å². The van der Waals surface area contributed by atoms with Crippen molar-refractivity contribution in [1.82, 2.24) is 9.97 Å². The van der Waals surface area contributed by atoms with Crippen LogP contribution in [0.2, 0.25) is 0 Å². The highest BCUT2D eigenvalue weighted by Gasteiger charge is 2.05. The predicted octanol–water partition coefficient (Wildman–Crippen LogP) is 3.08. The van der Waals surface area contributed by atoms with E-state index in [1.54, 1.807) is 6.07 Å². The average Bonchev–Trinajstić information content (AvgIpc) is 2.41. The summed E-state index contributed by atoms with van der Waals surface area (Å²) in [4.78, 5) is 8.60. The first kappa shape index (κ1) is 13.8. The first-order chi connectivity index (χ1) is 9.60. The van der Waals surface area contributed by atoms with Crippen molar-refractivity contribution in [3.05, 3.63) is 41.2 Å². The lowest BCUT2D eigenvalue weighted by Gasteiger charge is -2.12. The molecule has 5 nitrogen and oxygen atoms in total. The molecule has 0 atom stereocenters. The van der Waals surface area contributed by atoms with E-state index in [-0.39, 0.29) is 6.54 Å². The van der Waals surface area contributed by atoms with Gasteiger partial charge in [0.25, 0.3) is 0 Å². The Hall–Kier alpha value is -2.61. The van der Waals surface area contributed by atoms with Crippen molar-refractivity contribution in [2.24, 2.45) is 0 Å². The van der Waals surface area contributed by atoms with Crippen LogP contribution in [-0.4, -0.2) is 16.5 Å². The van der Waals surface area contributed by atoms with Gasteiger partial charge in [-0.3, -0.25) is 0 Å². The topological polar surface area (TPSA) is 73.6 Å². The minimum atomic E-state index is 0.222. The van der Waals surface area contributed by atoms with Gasteiger partial charge in [-0.05, 0) is 38.0 Å². The van der Waals surface area contributed by atoms with Crippen LogP contribution < -0.4 is 10.6 Å². The van der Waals surface area contributed by atoms with Gasteiger partial charge in [0.1, 0.15) is 24.0 Å². The Morgan fingerprint density at radius 2 is 1.90 bits per heavy atom. The van der Waals surface area contributed by atoms with Crippen LogP contribution in [0.15, 0.2) is 24.3 Å². The van der Waals surface area contributed by atoms with Gasteiger partial charge in [-0.2, -0.15) is 5.26 Å². The van der Waals surface area contributed by atoms with Crippen LogP contribution in [0.3, 0.4) is 0 Å². The van der Waals surface area contributed by atoms with Gasteiger partial charge in [0.15, 0.2) is 0 Å². The van der Waals surface area contributed by atoms with Crippen molar-refractivity contribution in [3.63, 3.8) is 0 Å². The summed E-state index contributed by atoms with van der Waals surface area (Å²) in [6.07, 6.45) is 0. The van der Waals surface area contributed by atoms with Crippen LogP contribution in [0.25, 0.3) is 0 Å². The third-order valence-electron chi connectivity index (χ3n) is 3.05. The summed E-state index contributed by atoms with van der Waals surface area (Å²) in [5, 5.41) is 14.8. The van der Waals surface area contributed by atoms with E-state index in [2.05, 4.69) is 40.5 Å². The third-order valence-corrected chi connectivity index (χ3v) is 3.05. The van der Waals surface area contributed by atoms with E-state index in [1.807, 2.05) is 25.1 Å². The Morgan fingerprint density at radius 3 is 2.65 bits per heavy atom. The summed E-state index contributed by atoms with van der Waals surface area (Å²) in [7, 11) is 0. The summed E-state index contributed by atoms with van der Waals surface area (Å²) in [5.74, 6) is 2.01. The van der Waals surface area contributed by atoms with Gasteiger partial charge in [0.2, 0.25) is 0 Å². The Bertz CT molecular complexity index is 658. The fourth-order valence-corrected chi connectivity index (χ4v) is 1.88. The molecule has 0 saturated carbocycles. The van der Waals surface area contributed by atoms with E-state index in [4.69, 9.17) is 5.26 Å². The molecule has 0 radical (unpaired) electrons. The highest BCUT2D eigenvalue weighted by Crippen LogP contribution is 2.22. The molecular formula is C15H17N5. The fourth-order valence-electron chi connectivity index (χ4n) is 1.88. The second-order valence-electron chi connectivity index (χ2n) is 4.57. The molecule has 0 amide bonds. The molecular weight excluding hydrogens is 250 g/mol. The van der Waals surface area contributed by atoms with Crippen molar-refractivity contribution in [2.75, 3.05) is 17.2 Å². The molecule has 0 aliphatic carbocycles. The predicted molar refractivity (Wildman–Crippen MR) is 80.1 cm³/mol. The van der Waals surface area contributed by atoms with Crippen LogP contribution in [0, 0.1) is 32.1 Å². The van der Waals surface area contributed by atoms with Gasteiger partial charge in [-0.15, -0.1) is 0 Å². The van der Waals surface area contributed by atoms with Crippen LogP contribution in [-0.2, 0) is 0 Å². The minimum absolute atomic E-state index is 0.222. The highest BCUT2D eigenvalue weighted by atomic mass is 15.1. The molecule has 0 saturated heterocycles. The van der Waals surface area contributed by atoms with Crippen molar-refractivity contribution >= 4 is 17.3 Å². The molecule has 0 aliphatic heterocycles. The lowest BCUT2D eigenvalue weighted by atomic mass is 10.1. The van der Waals surface area contributed by atoms with Crippen LogP contribution in [0.4, 0.5) is 17.3 Å². The Balaban J connectivity index is 2.27. The number of nitrogens with one attached hydrogen (secondary N) is 2. The summed E-state index contributed by atoms with van der Waals surface area (Å²) in [5.41, 5.74) is 3.44. The van der Waals surface area contributed by atoms with Crippen LogP contribution >= 0.6 is 0 Å². The number of anilines is 3. The molecule has 0 unspecified atom stereocenters. The first-order valence-electron chi connectivity index (χ1n) is 6.40. The molecule has 1 aromatic heterocycles. The quantitative estimate of drug-likeness (QED) is 0.833. The van der Waals surface area contributed by atoms with E-state index in [9.17, 15) is 0 Å². The zero-order chi connectivity index (χ0) is 14.5. The molecule has 1 heterocycles. The Kier molecular flexibility index (Phi) is 4.16. The first-order valence-corrected chi connectivity index (χ1v) is 6.40. The maximum atomic E-state index is 8.60. The second-order valence-corrected chi connectivity index (χ2v) is 4.57. The zero-order valence-electron chi connectivity index (χ0n) is 11.9. The standard InChI is InChI=1S/C15H17N5/c1-10-5-4-6-13(11(10)2)20-15-9-14(17-8-7-16)18-12(3)19-15/h4-6,9H,8H2,1-3H3,(H2,17,18,19,20). The van der Waals surface area contributed by atoms with Crippen LogP contribution in [0.1, 0.15) is 17.0 Å². The number of rotatable bonds is 4. The van der Waals surface area contributed by atoms with Crippen LogP contribution in [0.5, 0.6) is 0 Å². The molecule has 20 heavy (non-hydrogen) atoms. The SMILES string of the molecule is Cc1nc(NCC#N)cc(Nc2cccc(C)c2C)n1. The smallest absolute Gasteiger partial charge is 0.136 e. The fraction of sp³-hybridized carbons (Fsp3) is 0.267. The van der Waals surface area contributed by atoms with Crippen molar-refractivity contribution < 1.29 is 0 Å². The molecule has 2 rings (SSSR count). The number of nitriles is 1. The number of hydrogen-bond donors (Lipinski definition) is 2. The molecule has 102 valence electrons. The third kappa shape index (κ3) is 3.23. The van der Waals surface area contributed by atoms with E-state index in [0.717, 1.165) is 5.69 Å². The molecule has 5 heteroatoms. The van der Waals surface area contributed by atoms with E-state index < -0.39 is 0 Å². The highest BCUT2D eigenvalue weighted by molar-refractivity contribution is 5.63. The van der Waals surface area contributed by atoms with Gasteiger partial charge in [0.05, 0.1) is 6.07 Å². The van der Waals surface area contributed by atoms with Gasteiger partial charge < -0.3 is 10.6 Å². The second kappa shape index (κ2) is 6.02. The number of aromatic nitrogens is 2. The summed E-state index contributed by atoms with van der Waals surface area (Å²) >= 11 is 0. The molecule has 2 aromatic rings. The molecule has 0 bridgehead atoms. The van der Waals surface area contributed by atoms with Crippen molar-refractivity contribution in [1.29, 1.82) is 5.26 Å². The van der Waals surface area contributed by atoms with E-state index in [1.165, 1.54) is 11.1 Å². The van der Waals surface area contributed by atoms with E-state index >= 15 is 0 Å². The molecule has 0 spiro atoms. The maximum Gasteiger partial charge on any atom is 0.136 e. The van der Waals surface area contributed by atoms with E-state index in [0.29, 0.717) is 17.5 Å². The lowest BCUT2D eigenvalue weighted by Crippen LogP contribution is -2.05. The number of hydrogen-bond acceptors (Lipinski definition) is 5. The minimum Gasteiger partial charge on any atom is -0.357 e. The molecule has 2 N–H and O–H groups in total. The largest absolute Gasteiger partial charge is 0.357 e. The van der Waals surface area contributed by atoms with Gasteiger partial charge >= 0.3 is 0 Å². The molecule has 0 aliphatic rings.